The van der Waals surface area contributed by atoms with Gasteiger partial charge in [0, 0.05) is 38.1 Å². The zero-order valence-corrected chi connectivity index (χ0v) is 11.9. The Balaban J connectivity index is 1.81. The number of nitrogens with zero attached hydrogens (tertiary/aromatic N) is 1. The van der Waals surface area contributed by atoms with Crippen LogP contribution < -0.4 is 5.32 Å². The first kappa shape index (κ1) is 13.6. The van der Waals surface area contributed by atoms with Gasteiger partial charge in [-0.3, -0.25) is 4.90 Å². The standard InChI is InChI=1S/C15H26N2O/c1-12(2)9-14-11-17(13(3)10-16-14)7-6-15-5-4-8-18-15/h4-5,8,12-14,16H,6-7,9-11H2,1-3H3. The summed E-state index contributed by atoms with van der Waals surface area (Å²) in [6, 6.07) is 5.32. The summed E-state index contributed by atoms with van der Waals surface area (Å²) in [5.41, 5.74) is 0. The van der Waals surface area contributed by atoms with Gasteiger partial charge in [-0.2, -0.15) is 0 Å². The fourth-order valence-electron chi connectivity index (χ4n) is 2.74. The normalized spacial score (nSPS) is 25.8. The Morgan fingerprint density at radius 3 is 3.00 bits per heavy atom. The molecule has 1 aromatic heterocycles. The molecule has 0 radical (unpaired) electrons. The van der Waals surface area contributed by atoms with Gasteiger partial charge < -0.3 is 9.73 Å². The molecule has 1 saturated heterocycles. The molecule has 1 aliphatic rings. The predicted octanol–water partition coefficient (Wildman–Crippen LogP) is 2.53. The van der Waals surface area contributed by atoms with E-state index in [1.54, 1.807) is 6.26 Å². The molecule has 3 heteroatoms. The lowest BCUT2D eigenvalue weighted by Gasteiger charge is -2.39. The van der Waals surface area contributed by atoms with Crippen LogP contribution in [-0.2, 0) is 6.42 Å². The monoisotopic (exact) mass is 250 g/mol. The number of rotatable bonds is 5. The Morgan fingerprint density at radius 1 is 1.50 bits per heavy atom. The van der Waals surface area contributed by atoms with E-state index < -0.39 is 0 Å². The molecule has 2 heterocycles. The van der Waals surface area contributed by atoms with Crippen LogP contribution in [0.3, 0.4) is 0 Å². The van der Waals surface area contributed by atoms with Gasteiger partial charge in [0.05, 0.1) is 6.26 Å². The summed E-state index contributed by atoms with van der Waals surface area (Å²) < 4.78 is 5.41. The quantitative estimate of drug-likeness (QED) is 0.870. The second-order valence-corrected chi connectivity index (χ2v) is 5.91. The topological polar surface area (TPSA) is 28.4 Å². The maximum absolute atomic E-state index is 5.41. The van der Waals surface area contributed by atoms with Gasteiger partial charge in [0.15, 0.2) is 0 Å². The lowest BCUT2D eigenvalue weighted by Crippen LogP contribution is -2.56. The first-order valence-corrected chi connectivity index (χ1v) is 7.15. The lowest BCUT2D eigenvalue weighted by molar-refractivity contribution is 0.131. The Kier molecular flexibility index (Phi) is 4.84. The SMILES string of the molecule is CC(C)CC1CN(CCc2ccco2)C(C)CN1. The van der Waals surface area contributed by atoms with Crippen molar-refractivity contribution in [3.05, 3.63) is 24.2 Å². The van der Waals surface area contributed by atoms with E-state index in [9.17, 15) is 0 Å². The zero-order valence-electron chi connectivity index (χ0n) is 11.9. The predicted molar refractivity (Wildman–Crippen MR) is 74.7 cm³/mol. The van der Waals surface area contributed by atoms with E-state index in [0.717, 1.165) is 31.2 Å². The van der Waals surface area contributed by atoms with E-state index in [4.69, 9.17) is 4.42 Å². The lowest BCUT2D eigenvalue weighted by atomic mass is 10.00. The van der Waals surface area contributed by atoms with Crippen molar-refractivity contribution in [2.75, 3.05) is 19.6 Å². The van der Waals surface area contributed by atoms with Gasteiger partial charge in [-0.25, -0.2) is 0 Å². The third-order valence-corrected chi connectivity index (χ3v) is 3.76. The van der Waals surface area contributed by atoms with Crippen molar-refractivity contribution in [2.45, 2.75) is 45.7 Å². The van der Waals surface area contributed by atoms with Gasteiger partial charge in [-0.1, -0.05) is 13.8 Å². The largest absolute Gasteiger partial charge is 0.469 e. The average Bonchev–Trinajstić information content (AvgIpc) is 2.82. The Labute approximate surface area is 111 Å². The van der Waals surface area contributed by atoms with Gasteiger partial charge in [0.25, 0.3) is 0 Å². The van der Waals surface area contributed by atoms with Gasteiger partial charge in [0.2, 0.25) is 0 Å². The third-order valence-electron chi connectivity index (χ3n) is 3.76. The molecule has 2 rings (SSSR count). The summed E-state index contributed by atoms with van der Waals surface area (Å²) in [5.74, 6) is 1.86. The van der Waals surface area contributed by atoms with Crippen LogP contribution in [0, 0.1) is 5.92 Å². The second kappa shape index (κ2) is 6.39. The van der Waals surface area contributed by atoms with Crippen LogP contribution in [0.15, 0.2) is 22.8 Å². The van der Waals surface area contributed by atoms with E-state index >= 15 is 0 Å². The molecule has 0 aromatic carbocycles. The molecule has 0 saturated carbocycles. The molecule has 1 aliphatic heterocycles. The molecule has 0 bridgehead atoms. The number of piperazine rings is 1. The minimum Gasteiger partial charge on any atom is -0.469 e. The number of nitrogens with one attached hydrogen (secondary N) is 1. The first-order valence-electron chi connectivity index (χ1n) is 7.15. The minimum atomic E-state index is 0.628. The van der Waals surface area contributed by atoms with Crippen LogP contribution in [0.2, 0.25) is 0 Å². The zero-order chi connectivity index (χ0) is 13.0. The van der Waals surface area contributed by atoms with Gasteiger partial charge >= 0.3 is 0 Å². The average molecular weight is 250 g/mol. The van der Waals surface area contributed by atoms with Crippen molar-refractivity contribution in [1.29, 1.82) is 0 Å². The van der Waals surface area contributed by atoms with Crippen molar-refractivity contribution in [2.24, 2.45) is 5.92 Å². The molecule has 3 nitrogen and oxygen atoms in total. The first-order chi connectivity index (χ1) is 8.65. The summed E-state index contributed by atoms with van der Waals surface area (Å²) >= 11 is 0. The van der Waals surface area contributed by atoms with E-state index in [-0.39, 0.29) is 0 Å². The molecule has 1 N–H and O–H groups in total. The van der Waals surface area contributed by atoms with Crippen molar-refractivity contribution < 1.29 is 4.42 Å². The molecular formula is C15H26N2O. The molecular weight excluding hydrogens is 224 g/mol. The van der Waals surface area contributed by atoms with E-state index in [1.807, 2.05) is 6.07 Å². The maximum atomic E-state index is 5.41. The van der Waals surface area contributed by atoms with Crippen LogP contribution in [0.25, 0.3) is 0 Å². The molecule has 102 valence electrons. The molecule has 1 fully saturated rings. The van der Waals surface area contributed by atoms with Crippen LogP contribution in [0.4, 0.5) is 0 Å². The van der Waals surface area contributed by atoms with Crippen LogP contribution in [-0.4, -0.2) is 36.6 Å². The number of furan rings is 1. The minimum absolute atomic E-state index is 0.628. The molecule has 2 atom stereocenters. The van der Waals surface area contributed by atoms with Gasteiger partial charge in [-0.15, -0.1) is 0 Å². The van der Waals surface area contributed by atoms with Crippen molar-refractivity contribution in [3.8, 4) is 0 Å². The molecule has 0 spiro atoms. The highest BCUT2D eigenvalue weighted by atomic mass is 16.3. The van der Waals surface area contributed by atoms with Crippen molar-refractivity contribution in [1.82, 2.24) is 10.2 Å². The molecule has 18 heavy (non-hydrogen) atoms. The smallest absolute Gasteiger partial charge is 0.105 e. The maximum Gasteiger partial charge on any atom is 0.105 e. The van der Waals surface area contributed by atoms with Gasteiger partial charge in [-0.05, 0) is 31.4 Å². The van der Waals surface area contributed by atoms with Crippen LogP contribution in [0.1, 0.15) is 33.0 Å². The van der Waals surface area contributed by atoms with E-state index in [1.165, 1.54) is 13.0 Å². The van der Waals surface area contributed by atoms with Crippen LogP contribution >= 0.6 is 0 Å². The molecule has 2 unspecified atom stereocenters. The summed E-state index contributed by atoms with van der Waals surface area (Å²) in [6.07, 6.45) is 4.05. The Bertz CT molecular complexity index is 334. The van der Waals surface area contributed by atoms with Crippen LogP contribution in [0.5, 0.6) is 0 Å². The number of hydrogen-bond donors (Lipinski definition) is 1. The van der Waals surface area contributed by atoms with Crippen molar-refractivity contribution in [3.63, 3.8) is 0 Å². The Hall–Kier alpha value is -0.800. The fraction of sp³-hybridized carbons (Fsp3) is 0.733. The highest BCUT2D eigenvalue weighted by molar-refractivity contribution is 4.99. The molecule has 0 amide bonds. The third kappa shape index (κ3) is 3.85. The highest BCUT2D eigenvalue weighted by Crippen LogP contribution is 2.14. The summed E-state index contributed by atoms with van der Waals surface area (Å²) in [6.45, 7) is 10.3. The summed E-state index contributed by atoms with van der Waals surface area (Å²) in [5, 5.41) is 3.66. The molecule has 0 aliphatic carbocycles. The summed E-state index contributed by atoms with van der Waals surface area (Å²) in [4.78, 5) is 2.59. The fourth-order valence-corrected chi connectivity index (χ4v) is 2.74. The summed E-state index contributed by atoms with van der Waals surface area (Å²) in [7, 11) is 0. The highest BCUT2D eigenvalue weighted by Gasteiger charge is 2.24. The Morgan fingerprint density at radius 2 is 2.33 bits per heavy atom. The second-order valence-electron chi connectivity index (χ2n) is 5.91. The van der Waals surface area contributed by atoms with E-state index in [2.05, 4.69) is 37.1 Å². The van der Waals surface area contributed by atoms with Gasteiger partial charge in [0.1, 0.15) is 5.76 Å². The molecule has 1 aromatic rings. The van der Waals surface area contributed by atoms with E-state index in [0.29, 0.717) is 12.1 Å². The number of hydrogen-bond acceptors (Lipinski definition) is 3. The van der Waals surface area contributed by atoms with Crippen molar-refractivity contribution >= 4 is 0 Å².